The summed E-state index contributed by atoms with van der Waals surface area (Å²) < 4.78 is 38.7. The molecular weight excluding hydrogens is 347 g/mol. The van der Waals surface area contributed by atoms with Crippen molar-refractivity contribution < 1.29 is 22.9 Å². The fourth-order valence-corrected chi connectivity index (χ4v) is 3.64. The summed E-state index contributed by atoms with van der Waals surface area (Å²) in [5, 5.41) is 11.1. The second-order valence-electron chi connectivity index (χ2n) is 5.47. The fraction of sp³-hybridized carbons (Fsp3) is 0.429. The number of alkyl halides is 3. The number of carbonyl (C=O) groups is 1. The van der Waals surface area contributed by atoms with Crippen molar-refractivity contribution in [2.45, 2.75) is 25.4 Å². The number of nitrogens with zero attached hydrogens (tertiary/aromatic N) is 3. The van der Waals surface area contributed by atoms with Crippen LogP contribution in [0.25, 0.3) is 10.2 Å². The van der Waals surface area contributed by atoms with Crippen LogP contribution in [0.2, 0.25) is 0 Å². The number of rotatable bonds is 2. The average molecular weight is 359 g/mol. The Labute approximate surface area is 138 Å². The number of carbonyl (C=O) groups excluding carboxylic acids is 1. The summed E-state index contributed by atoms with van der Waals surface area (Å²) in [6, 6.07) is 1.22. The van der Waals surface area contributed by atoms with E-state index in [2.05, 4.69) is 4.98 Å². The summed E-state index contributed by atoms with van der Waals surface area (Å²) in [5.74, 6) is -0.390. The van der Waals surface area contributed by atoms with Crippen molar-refractivity contribution in [3.8, 4) is 0 Å². The van der Waals surface area contributed by atoms with Crippen LogP contribution in [0.3, 0.4) is 0 Å². The Bertz CT molecular complexity index is 813. The lowest BCUT2D eigenvalue weighted by atomic mass is 10.1. The largest absolute Gasteiger partial charge is 0.416 e. The van der Waals surface area contributed by atoms with E-state index >= 15 is 0 Å². The van der Waals surface area contributed by atoms with Crippen molar-refractivity contribution in [1.29, 1.82) is 0 Å². The maximum Gasteiger partial charge on any atom is 0.416 e. The second kappa shape index (κ2) is 6.00. The molecule has 0 unspecified atom stereocenters. The number of nitro benzene ring substituents is 1. The van der Waals surface area contributed by atoms with Crippen LogP contribution in [0.4, 0.5) is 18.9 Å². The molecule has 2 aromatic rings. The van der Waals surface area contributed by atoms with Crippen LogP contribution in [0.5, 0.6) is 0 Å². The number of non-ortho nitro benzene ring substituents is 1. The third kappa shape index (κ3) is 3.05. The minimum atomic E-state index is -4.72. The van der Waals surface area contributed by atoms with Gasteiger partial charge in [-0.1, -0.05) is 0 Å². The van der Waals surface area contributed by atoms with Gasteiger partial charge in [-0.3, -0.25) is 14.9 Å². The molecule has 1 amide bonds. The predicted octanol–water partition coefficient (Wildman–Crippen LogP) is 3.85. The Morgan fingerprint density at radius 2 is 1.92 bits per heavy atom. The number of piperidine rings is 1. The number of hydrogen-bond donors (Lipinski definition) is 0. The number of halogens is 3. The van der Waals surface area contributed by atoms with Crippen molar-refractivity contribution in [3.63, 3.8) is 0 Å². The second-order valence-corrected chi connectivity index (χ2v) is 6.47. The number of thiazole rings is 1. The van der Waals surface area contributed by atoms with Crippen LogP contribution < -0.4 is 0 Å². The van der Waals surface area contributed by atoms with Gasteiger partial charge in [-0.2, -0.15) is 13.2 Å². The molecule has 0 aliphatic carbocycles. The van der Waals surface area contributed by atoms with Gasteiger partial charge in [0.2, 0.25) is 0 Å². The van der Waals surface area contributed by atoms with E-state index in [1.807, 2.05) is 0 Å². The molecule has 0 N–H and O–H groups in total. The lowest BCUT2D eigenvalue weighted by Gasteiger charge is -2.25. The number of amides is 1. The van der Waals surface area contributed by atoms with E-state index in [4.69, 9.17) is 0 Å². The van der Waals surface area contributed by atoms with E-state index in [-0.39, 0.29) is 15.2 Å². The lowest BCUT2D eigenvalue weighted by molar-refractivity contribution is -0.383. The van der Waals surface area contributed by atoms with Gasteiger partial charge in [0.05, 0.1) is 16.0 Å². The smallest absolute Gasteiger partial charge is 0.337 e. The molecule has 24 heavy (non-hydrogen) atoms. The van der Waals surface area contributed by atoms with Crippen molar-refractivity contribution in [2.75, 3.05) is 13.1 Å². The summed E-state index contributed by atoms with van der Waals surface area (Å²) in [6.45, 7) is 1.12. The van der Waals surface area contributed by atoms with Gasteiger partial charge in [0.15, 0.2) is 5.01 Å². The molecule has 1 fully saturated rings. The topological polar surface area (TPSA) is 76.3 Å². The van der Waals surface area contributed by atoms with E-state index in [1.54, 1.807) is 4.90 Å². The number of nitro groups is 1. The van der Waals surface area contributed by atoms with E-state index < -0.39 is 28.3 Å². The normalized spacial score (nSPS) is 15.7. The lowest BCUT2D eigenvalue weighted by Crippen LogP contribution is -2.35. The monoisotopic (exact) mass is 359 g/mol. The van der Waals surface area contributed by atoms with Gasteiger partial charge in [0.1, 0.15) is 4.70 Å². The molecule has 0 saturated carbocycles. The third-order valence-electron chi connectivity index (χ3n) is 3.82. The molecule has 0 spiro atoms. The van der Waals surface area contributed by atoms with Crippen LogP contribution in [-0.4, -0.2) is 33.8 Å². The van der Waals surface area contributed by atoms with Crippen molar-refractivity contribution in [1.82, 2.24) is 9.88 Å². The zero-order valence-electron chi connectivity index (χ0n) is 12.3. The highest BCUT2D eigenvalue weighted by Crippen LogP contribution is 2.38. The predicted molar refractivity (Wildman–Crippen MR) is 81.0 cm³/mol. The minimum absolute atomic E-state index is 0.0191. The summed E-state index contributed by atoms with van der Waals surface area (Å²) in [7, 11) is 0. The maximum atomic E-state index is 12.9. The van der Waals surface area contributed by atoms with Gasteiger partial charge in [0, 0.05) is 19.2 Å². The first-order valence-corrected chi connectivity index (χ1v) is 8.04. The summed E-state index contributed by atoms with van der Waals surface area (Å²) in [4.78, 5) is 28.1. The fourth-order valence-electron chi connectivity index (χ4n) is 2.64. The van der Waals surface area contributed by atoms with Crippen LogP contribution in [-0.2, 0) is 6.18 Å². The number of hydrogen-bond acceptors (Lipinski definition) is 5. The van der Waals surface area contributed by atoms with Gasteiger partial charge in [-0.15, -0.1) is 11.3 Å². The maximum absolute atomic E-state index is 12.9. The number of likely N-dealkylation sites (tertiary alicyclic amines) is 1. The molecule has 2 heterocycles. The first kappa shape index (κ1) is 16.6. The van der Waals surface area contributed by atoms with Gasteiger partial charge in [0.25, 0.3) is 11.6 Å². The quantitative estimate of drug-likeness (QED) is 0.603. The molecule has 1 aliphatic heterocycles. The Hall–Kier alpha value is -2.23. The Kier molecular flexibility index (Phi) is 4.16. The third-order valence-corrected chi connectivity index (χ3v) is 4.90. The molecule has 1 aromatic heterocycles. The van der Waals surface area contributed by atoms with Crippen LogP contribution >= 0.6 is 11.3 Å². The number of benzene rings is 1. The highest BCUT2D eigenvalue weighted by molar-refractivity contribution is 7.20. The first-order valence-electron chi connectivity index (χ1n) is 7.23. The molecule has 1 aromatic carbocycles. The van der Waals surface area contributed by atoms with E-state index in [0.717, 1.165) is 36.7 Å². The van der Waals surface area contributed by atoms with Crippen molar-refractivity contribution in [2.24, 2.45) is 0 Å². The molecule has 6 nitrogen and oxygen atoms in total. The SMILES string of the molecule is O=C(c1nc2cc(C(F)(F)F)cc([N+](=O)[O-])c2s1)N1CCCCC1. The van der Waals surface area contributed by atoms with Gasteiger partial charge in [-0.05, 0) is 25.3 Å². The van der Waals surface area contributed by atoms with Gasteiger partial charge >= 0.3 is 6.18 Å². The number of aromatic nitrogens is 1. The molecule has 0 atom stereocenters. The highest BCUT2D eigenvalue weighted by atomic mass is 32.1. The summed E-state index contributed by atoms with van der Waals surface area (Å²) >= 11 is 0.762. The van der Waals surface area contributed by atoms with E-state index in [9.17, 15) is 28.1 Å². The average Bonchev–Trinajstić information content (AvgIpc) is 2.97. The van der Waals surface area contributed by atoms with E-state index in [0.29, 0.717) is 19.2 Å². The molecule has 10 heteroatoms. The molecule has 0 bridgehead atoms. The Balaban J connectivity index is 2.07. The van der Waals surface area contributed by atoms with Gasteiger partial charge < -0.3 is 4.90 Å². The molecule has 0 radical (unpaired) electrons. The van der Waals surface area contributed by atoms with Crippen LogP contribution in [0.15, 0.2) is 12.1 Å². The Morgan fingerprint density at radius 3 is 2.50 bits per heavy atom. The standard InChI is InChI=1S/C14H12F3N3O3S/c15-14(16,17)8-6-9-11(10(7-8)20(22)23)24-12(18-9)13(21)19-4-2-1-3-5-19/h6-7H,1-5H2. The highest BCUT2D eigenvalue weighted by Gasteiger charge is 2.34. The zero-order chi connectivity index (χ0) is 17.5. The Morgan fingerprint density at radius 1 is 1.25 bits per heavy atom. The zero-order valence-corrected chi connectivity index (χ0v) is 13.1. The van der Waals surface area contributed by atoms with Crippen LogP contribution in [0, 0.1) is 10.1 Å². The van der Waals surface area contributed by atoms with Crippen LogP contribution in [0.1, 0.15) is 34.6 Å². The molecule has 1 aliphatic rings. The minimum Gasteiger partial charge on any atom is -0.337 e. The first-order chi connectivity index (χ1) is 11.3. The van der Waals surface area contributed by atoms with Crippen molar-refractivity contribution in [3.05, 3.63) is 32.8 Å². The van der Waals surface area contributed by atoms with Crippen molar-refractivity contribution >= 4 is 33.1 Å². The number of fused-ring (bicyclic) bond motifs is 1. The molecule has 3 rings (SSSR count). The molecular formula is C14H12F3N3O3S. The molecule has 128 valence electrons. The summed E-state index contributed by atoms with van der Waals surface area (Å²) in [5.41, 5.74) is -2.01. The molecule has 1 saturated heterocycles. The van der Waals surface area contributed by atoms with E-state index in [1.165, 1.54) is 0 Å². The summed E-state index contributed by atoms with van der Waals surface area (Å²) in [6.07, 6.45) is -1.99. The van der Waals surface area contributed by atoms with Gasteiger partial charge in [-0.25, -0.2) is 4.98 Å².